The number of hydrogen-bond donors (Lipinski definition) is 1. The second kappa shape index (κ2) is 7.17. The molecule has 1 amide bonds. The number of benzene rings is 2. The SMILES string of the molecule is COC(=O)c1ccc(C(=O)NCC(=O)c2ccccc2)cc1. The van der Waals surface area contributed by atoms with E-state index >= 15 is 0 Å². The molecular formula is C17H15NO4. The smallest absolute Gasteiger partial charge is 0.337 e. The maximum absolute atomic E-state index is 12.0. The Morgan fingerprint density at radius 2 is 1.45 bits per heavy atom. The van der Waals surface area contributed by atoms with Crippen LogP contribution in [0.15, 0.2) is 54.6 Å². The van der Waals surface area contributed by atoms with Gasteiger partial charge in [-0.15, -0.1) is 0 Å². The standard InChI is InChI=1S/C17H15NO4/c1-22-17(21)14-9-7-13(8-10-14)16(20)18-11-15(19)12-5-3-2-4-6-12/h2-10H,11H2,1H3,(H,18,20). The molecule has 0 radical (unpaired) electrons. The normalized spacial score (nSPS) is 9.86. The van der Waals surface area contributed by atoms with E-state index in [1.54, 1.807) is 24.3 Å². The summed E-state index contributed by atoms with van der Waals surface area (Å²) < 4.78 is 4.58. The topological polar surface area (TPSA) is 72.5 Å². The number of Topliss-reactive ketones (excluding diaryl/α,β-unsaturated/α-hetero) is 1. The second-order valence-corrected chi connectivity index (χ2v) is 4.54. The van der Waals surface area contributed by atoms with Crippen molar-refractivity contribution in [2.75, 3.05) is 13.7 Å². The summed E-state index contributed by atoms with van der Waals surface area (Å²) in [5.74, 6) is -1.01. The first-order valence-corrected chi connectivity index (χ1v) is 6.66. The highest BCUT2D eigenvalue weighted by Gasteiger charge is 2.11. The van der Waals surface area contributed by atoms with Gasteiger partial charge < -0.3 is 10.1 Å². The second-order valence-electron chi connectivity index (χ2n) is 4.54. The van der Waals surface area contributed by atoms with Gasteiger partial charge in [0.25, 0.3) is 5.91 Å². The van der Waals surface area contributed by atoms with E-state index in [0.29, 0.717) is 16.7 Å². The number of amides is 1. The van der Waals surface area contributed by atoms with Crippen LogP contribution in [0.1, 0.15) is 31.1 Å². The van der Waals surface area contributed by atoms with Crippen molar-refractivity contribution >= 4 is 17.7 Å². The zero-order chi connectivity index (χ0) is 15.9. The summed E-state index contributed by atoms with van der Waals surface area (Å²) in [7, 11) is 1.29. The quantitative estimate of drug-likeness (QED) is 0.677. The van der Waals surface area contributed by atoms with Gasteiger partial charge in [0.2, 0.25) is 0 Å². The Balaban J connectivity index is 1.95. The Labute approximate surface area is 127 Å². The molecule has 0 aliphatic heterocycles. The van der Waals surface area contributed by atoms with Crippen molar-refractivity contribution in [2.45, 2.75) is 0 Å². The lowest BCUT2D eigenvalue weighted by Crippen LogP contribution is -2.29. The molecule has 0 aliphatic carbocycles. The summed E-state index contributed by atoms with van der Waals surface area (Å²) in [4.78, 5) is 35.1. The number of carbonyl (C=O) groups excluding carboxylic acids is 3. The third-order valence-electron chi connectivity index (χ3n) is 3.07. The molecule has 2 aromatic carbocycles. The van der Waals surface area contributed by atoms with Gasteiger partial charge in [-0.3, -0.25) is 9.59 Å². The van der Waals surface area contributed by atoms with Crippen molar-refractivity contribution in [3.8, 4) is 0 Å². The van der Waals surface area contributed by atoms with Crippen molar-refractivity contribution < 1.29 is 19.1 Å². The van der Waals surface area contributed by atoms with E-state index in [-0.39, 0.29) is 18.2 Å². The van der Waals surface area contributed by atoms with E-state index in [0.717, 1.165) is 0 Å². The molecule has 0 spiro atoms. The average Bonchev–Trinajstić information content (AvgIpc) is 2.59. The van der Waals surface area contributed by atoms with E-state index in [4.69, 9.17) is 0 Å². The maximum Gasteiger partial charge on any atom is 0.337 e. The highest BCUT2D eigenvalue weighted by atomic mass is 16.5. The minimum Gasteiger partial charge on any atom is -0.465 e. The molecule has 0 bridgehead atoms. The molecule has 2 aromatic rings. The molecule has 1 N–H and O–H groups in total. The number of methoxy groups -OCH3 is 1. The van der Waals surface area contributed by atoms with Crippen molar-refractivity contribution in [3.63, 3.8) is 0 Å². The monoisotopic (exact) mass is 297 g/mol. The molecule has 0 aromatic heterocycles. The van der Waals surface area contributed by atoms with Gasteiger partial charge in [0.05, 0.1) is 19.2 Å². The first-order valence-electron chi connectivity index (χ1n) is 6.66. The number of hydrogen-bond acceptors (Lipinski definition) is 4. The third-order valence-corrected chi connectivity index (χ3v) is 3.07. The van der Waals surface area contributed by atoms with E-state index in [9.17, 15) is 14.4 Å². The molecule has 5 heteroatoms. The van der Waals surface area contributed by atoms with Crippen LogP contribution in [-0.4, -0.2) is 31.3 Å². The summed E-state index contributed by atoms with van der Waals surface area (Å²) in [6.07, 6.45) is 0. The highest BCUT2D eigenvalue weighted by molar-refractivity contribution is 6.02. The van der Waals surface area contributed by atoms with E-state index in [2.05, 4.69) is 10.1 Å². The summed E-state index contributed by atoms with van der Waals surface area (Å²) in [5.41, 5.74) is 1.27. The van der Waals surface area contributed by atoms with Crippen LogP contribution in [0.2, 0.25) is 0 Å². The minimum absolute atomic E-state index is 0.0817. The van der Waals surface area contributed by atoms with Gasteiger partial charge in [-0.05, 0) is 24.3 Å². The van der Waals surface area contributed by atoms with Crippen molar-refractivity contribution in [1.82, 2.24) is 5.32 Å². The van der Waals surface area contributed by atoms with Gasteiger partial charge in [-0.1, -0.05) is 30.3 Å². The Kier molecular flexibility index (Phi) is 5.03. The van der Waals surface area contributed by atoms with E-state index in [1.807, 2.05) is 6.07 Å². The molecule has 22 heavy (non-hydrogen) atoms. The fourth-order valence-corrected chi connectivity index (χ4v) is 1.86. The molecule has 0 aliphatic rings. The Morgan fingerprint density at radius 3 is 2.05 bits per heavy atom. The van der Waals surface area contributed by atoms with Crippen LogP contribution in [0.3, 0.4) is 0 Å². The molecule has 2 rings (SSSR count). The summed E-state index contributed by atoms with van der Waals surface area (Å²) in [5, 5.41) is 2.56. The molecular weight excluding hydrogens is 282 g/mol. The predicted molar refractivity (Wildman–Crippen MR) is 80.9 cm³/mol. The van der Waals surface area contributed by atoms with Gasteiger partial charge in [-0.25, -0.2) is 4.79 Å². The molecule has 0 atom stereocenters. The number of ether oxygens (including phenoxy) is 1. The Bertz CT molecular complexity index is 678. The molecule has 0 heterocycles. The predicted octanol–water partition coefficient (Wildman–Crippen LogP) is 2.09. The fraction of sp³-hybridized carbons (Fsp3) is 0.118. The van der Waals surface area contributed by atoms with Crippen molar-refractivity contribution in [2.24, 2.45) is 0 Å². The summed E-state index contributed by atoms with van der Waals surface area (Å²) in [6, 6.07) is 14.8. The molecule has 5 nitrogen and oxygen atoms in total. The van der Waals surface area contributed by atoms with Crippen molar-refractivity contribution in [1.29, 1.82) is 0 Å². The number of rotatable bonds is 5. The Morgan fingerprint density at radius 1 is 0.864 bits per heavy atom. The molecule has 0 saturated heterocycles. The number of esters is 1. The van der Waals surface area contributed by atoms with Crippen molar-refractivity contribution in [3.05, 3.63) is 71.3 Å². The fourth-order valence-electron chi connectivity index (χ4n) is 1.86. The lowest BCUT2D eigenvalue weighted by atomic mass is 10.1. The first-order chi connectivity index (χ1) is 10.6. The van der Waals surface area contributed by atoms with Crippen LogP contribution in [-0.2, 0) is 4.74 Å². The number of carbonyl (C=O) groups is 3. The lowest BCUT2D eigenvalue weighted by molar-refractivity contribution is 0.0600. The zero-order valence-corrected chi connectivity index (χ0v) is 12.0. The van der Waals surface area contributed by atoms with Crippen LogP contribution in [0.5, 0.6) is 0 Å². The molecule has 0 saturated carbocycles. The third kappa shape index (κ3) is 3.79. The van der Waals surface area contributed by atoms with Gasteiger partial charge in [0, 0.05) is 11.1 Å². The largest absolute Gasteiger partial charge is 0.465 e. The van der Waals surface area contributed by atoms with E-state index < -0.39 is 5.97 Å². The minimum atomic E-state index is -0.466. The first kappa shape index (κ1) is 15.4. The van der Waals surface area contributed by atoms with Crippen LogP contribution in [0.25, 0.3) is 0 Å². The van der Waals surface area contributed by atoms with Crippen LogP contribution in [0, 0.1) is 0 Å². The summed E-state index contributed by atoms with van der Waals surface area (Å²) in [6.45, 7) is -0.0817. The lowest BCUT2D eigenvalue weighted by Gasteiger charge is -2.05. The zero-order valence-electron chi connectivity index (χ0n) is 12.0. The number of nitrogens with one attached hydrogen (secondary N) is 1. The van der Waals surface area contributed by atoms with Crippen LogP contribution < -0.4 is 5.32 Å². The molecule has 112 valence electrons. The van der Waals surface area contributed by atoms with Crippen LogP contribution >= 0.6 is 0 Å². The Hall–Kier alpha value is -2.95. The number of ketones is 1. The van der Waals surface area contributed by atoms with E-state index in [1.165, 1.54) is 31.4 Å². The molecule has 0 fully saturated rings. The van der Waals surface area contributed by atoms with Gasteiger partial charge in [-0.2, -0.15) is 0 Å². The van der Waals surface area contributed by atoms with Gasteiger partial charge in [0.1, 0.15) is 0 Å². The maximum atomic E-state index is 12.0. The average molecular weight is 297 g/mol. The van der Waals surface area contributed by atoms with Crippen LogP contribution in [0.4, 0.5) is 0 Å². The summed E-state index contributed by atoms with van der Waals surface area (Å²) >= 11 is 0. The highest BCUT2D eigenvalue weighted by Crippen LogP contribution is 2.06. The van der Waals surface area contributed by atoms with Gasteiger partial charge in [0.15, 0.2) is 5.78 Å². The van der Waals surface area contributed by atoms with Gasteiger partial charge >= 0.3 is 5.97 Å². The molecule has 0 unspecified atom stereocenters.